The number of nitrogens with zero attached hydrogens (tertiary/aromatic N) is 2. The lowest BCUT2D eigenvalue weighted by molar-refractivity contribution is -0.121. The third-order valence-electron chi connectivity index (χ3n) is 4.76. The minimum atomic E-state index is 0.108. The molecule has 0 bridgehead atoms. The Morgan fingerprint density at radius 2 is 1.67 bits per heavy atom. The summed E-state index contributed by atoms with van der Waals surface area (Å²) in [5.41, 5.74) is 2.97. The SMILES string of the molecule is CN1CCC(C(=O)Nc2ccccc2N(C)c2ccccc2)CC1. The van der Waals surface area contributed by atoms with Crippen molar-refractivity contribution in [3.63, 3.8) is 0 Å². The molecule has 24 heavy (non-hydrogen) atoms. The summed E-state index contributed by atoms with van der Waals surface area (Å²) in [6, 6.07) is 18.2. The van der Waals surface area contributed by atoms with Gasteiger partial charge in [-0.1, -0.05) is 30.3 Å². The third kappa shape index (κ3) is 3.77. The van der Waals surface area contributed by atoms with E-state index in [0.717, 1.165) is 43.0 Å². The summed E-state index contributed by atoms with van der Waals surface area (Å²) >= 11 is 0. The number of hydrogen-bond acceptors (Lipinski definition) is 3. The first-order valence-corrected chi connectivity index (χ1v) is 8.52. The fraction of sp³-hybridized carbons (Fsp3) is 0.350. The molecule has 3 rings (SSSR count). The molecule has 0 saturated carbocycles. The molecule has 0 atom stereocenters. The minimum absolute atomic E-state index is 0.108. The Morgan fingerprint density at radius 3 is 2.38 bits per heavy atom. The van der Waals surface area contributed by atoms with E-state index in [9.17, 15) is 4.79 Å². The number of anilines is 3. The Kier molecular flexibility index (Phi) is 5.16. The van der Waals surface area contributed by atoms with Gasteiger partial charge in [0.2, 0.25) is 5.91 Å². The van der Waals surface area contributed by atoms with Crippen molar-refractivity contribution in [2.45, 2.75) is 12.8 Å². The van der Waals surface area contributed by atoms with Crippen LogP contribution in [0.1, 0.15) is 12.8 Å². The number of carbonyl (C=O) groups excluding carboxylic acids is 1. The van der Waals surface area contributed by atoms with Crippen molar-refractivity contribution >= 4 is 23.0 Å². The van der Waals surface area contributed by atoms with Crippen molar-refractivity contribution in [3.05, 3.63) is 54.6 Å². The van der Waals surface area contributed by atoms with E-state index >= 15 is 0 Å². The van der Waals surface area contributed by atoms with Crippen molar-refractivity contribution in [3.8, 4) is 0 Å². The largest absolute Gasteiger partial charge is 0.343 e. The Bertz CT molecular complexity index is 678. The van der Waals surface area contributed by atoms with E-state index < -0.39 is 0 Å². The standard InChI is InChI=1S/C20H25N3O/c1-22-14-12-16(13-15-22)20(24)21-18-10-6-7-11-19(18)23(2)17-8-4-3-5-9-17/h3-11,16H,12-15H2,1-2H3,(H,21,24). The van der Waals surface area contributed by atoms with E-state index in [0.29, 0.717) is 0 Å². The van der Waals surface area contributed by atoms with Gasteiger partial charge in [-0.05, 0) is 57.2 Å². The molecule has 1 amide bonds. The van der Waals surface area contributed by atoms with Crippen LogP contribution in [-0.4, -0.2) is 38.0 Å². The maximum absolute atomic E-state index is 12.6. The predicted molar refractivity (Wildman–Crippen MR) is 99.8 cm³/mol. The van der Waals surface area contributed by atoms with Crippen LogP contribution >= 0.6 is 0 Å². The second-order valence-electron chi connectivity index (χ2n) is 6.48. The summed E-state index contributed by atoms with van der Waals surface area (Å²) < 4.78 is 0. The smallest absolute Gasteiger partial charge is 0.227 e. The van der Waals surface area contributed by atoms with Crippen LogP contribution in [0.3, 0.4) is 0 Å². The van der Waals surface area contributed by atoms with Gasteiger partial charge in [-0.2, -0.15) is 0 Å². The van der Waals surface area contributed by atoms with Crippen LogP contribution < -0.4 is 10.2 Å². The molecular weight excluding hydrogens is 298 g/mol. The maximum Gasteiger partial charge on any atom is 0.227 e. The normalized spacial score (nSPS) is 15.9. The molecule has 126 valence electrons. The molecule has 0 aromatic heterocycles. The Balaban J connectivity index is 1.76. The summed E-state index contributed by atoms with van der Waals surface area (Å²) in [7, 11) is 4.13. The second-order valence-corrected chi connectivity index (χ2v) is 6.48. The van der Waals surface area contributed by atoms with Gasteiger partial charge in [-0.15, -0.1) is 0 Å². The molecule has 0 aliphatic carbocycles. The van der Waals surface area contributed by atoms with Gasteiger partial charge in [-0.25, -0.2) is 0 Å². The number of rotatable bonds is 4. The number of benzene rings is 2. The van der Waals surface area contributed by atoms with Gasteiger partial charge < -0.3 is 15.1 Å². The van der Waals surface area contributed by atoms with E-state index in [1.54, 1.807) is 0 Å². The van der Waals surface area contributed by atoms with Crippen LogP contribution in [0, 0.1) is 5.92 Å². The zero-order chi connectivity index (χ0) is 16.9. The molecule has 1 aliphatic rings. The number of carbonyl (C=O) groups is 1. The van der Waals surface area contributed by atoms with Crippen LogP contribution in [0.25, 0.3) is 0 Å². The summed E-state index contributed by atoms with van der Waals surface area (Å²) in [6.07, 6.45) is 1.86. The van der Waals surface area contributed by atoms with E-state index in [1.807, 2.05) is 49.5 Å². The van der Waals surface area contributed by atoms with E-state index in [-0.39, 0.29) is 11.8 Å². The van der Waals surface area contributed by atoms with Crippen molar-refractivity contribution in [2.24, 2.45) is 5.92 Å². The monoisotopic (exact) mass is 323 g/mol. The van der Waals surface area contributed by atoms with Gasteiger partial charge in [0.1, 0.15) is 0 Å². The lowest BCUT2D eigenvalue weighted by atomic mass is 9.96. The van der Waals surface area contributed by atoms with Gasteiger partial charge in [0.15, 0.2) is 0 Å². The molecule has 4 heteroatoms. The topological polar surface area (TPSA) is 35.6 Å². The highest BCUT2D eigenvalue weighted by atomic mass is 16.1. The number of piperidine rings is 1. The molecule has 1 N–H and O–H groups in total. The highest BCUT2D eigenvalue weighted by Gasteiger charge is 2.24. The van der Waals surface area contributed by atoms with Crippen molar-refractivity contribution in [1.29, 1.82) is 0 Å². The molecule has 1 aliphatic heterocycles. The second kappa shape index (κ2) is 7.49. The first kappa shape index (κ1) is 16.5. The minimum Gasteiger partial charge on any atom is -0.343 e. The summed E-state index contributed by atoms with van der Waals surface area (Å²) in [4.78, 5) is 17.0. The van der Waals surface area contributed by atoms with Crippen molar-refractivity contribution in [2.75, 3.05) is 37.4 Å². The van der Waals surface area contributed by atoms with Gasteiger partial charge in [-0.3, -0.25) is 4.79 Å². The molecule has 0 spiro atoms. The highest BCUT2D eigenvalue weighted by Crippen LogP contribution is 2.31. The molecule has 1 saturated heterocycles. The van der Waals surface area contributed by atoms with Crippen molar-refractivity contribution < 1.29 is 4.79 Å². The van der Waals surface area contributed by atoms with E-state index in [1.165, 1.54) is 0 Å². The Labute approximate surface area is 144 Å². The van der Waals surface area contributed by atoms with Crippen LogP contribution in [0.5, 0.6) is 0 Å². The van der Waals surface area contributed by atoms with Crippen LogP contribution in [0.15, 0.2) is 54.6 Å². The molecule has 2 aromatic rings. The van der Waals surface area contributed by atoms with Gasteiger partial charge >= 0.3 is 0 Å². The summed E-state index contributed by atoms with van der Waals surface area (Å²) in [5.74, 6) is 0.244. The number of likely N-dealkylation sites (tertiary alicyclic amines) is 1. The average molecular weight is 323 g/mol. The fourth-order valence-corrected chi connectivity index (χ4v) is 3.17. The van der Waals surface area contributed by atoms with Crippen molar-refractivity contribution in [1.82, 2.24) is 4.90 Å². The molecule has 1 heterocycles. The summed E-state index contributed by atoms with van der Waals surface area (Å²) in [6.45, 7) is 1.98. The molecule has 1 fully saturated rings. The first-order valence-electron chi connectivity index (χ1n) is 8.52. The number of para-hydroxylation sites is 3. The van der Waals surface area contributed by atoms with E-state index in [2.05, 4.69) is 34.3 Å². The highest BCUT2D eigenvalue weighted by molar-refractivity contribution is 5.96. The zero-order valence-corrected chi connectivity index (χ0v) is 14.4. The molecule has 0 unspecified atom stereocenters. The van der Waals surface area contributed by atoms with Gasteiger partial charge in [0.05, 0.1) is 11.4 Å². The molecule has 0 radical (unpaired) electrons. The third-order valence-corrected chi connectivity index (χ3v) is 4.76. The lowest BCUT2D eigenvalue weighted by Crippen LogP contribution is -2.36. The quantitative estimate of drug-likeness (QED) is 0.931. The average Bonchev–Trinajstić information content (AvgIpc) is 2.63. The molecule has 4 nitrogen and oxygen atoms in total. The first-order chi connectivity index (χ1) is 11.6. The number of nitrogens with one attached hydrogen (secondary N) is 1. The predicted octanol–water partition coefficient (Wildman–Crippen LogP) is 3.73. The fourth-order valence-electron chi connectivity index (χ4n) is 3.17. The summed E-state index contributed by atoms with van der Waals surface area (Å²) in [5, 5.41) is 3.15. The maximum atomic E-state index is 12.6. The zero-order valence-electron chi connectivity index (χ0n) is 14.4. The van der Waals surface area contributed by atoms with Gasteiger partial charge in [0.25, 0.3) is 0 Å². The van der Waals surface area contributed by atoms with E-state index in [4.69, 9.17) is 0 Å². The number of amides is 1. The van der Waals surface area contributed by atoms with Crippen LogP contribution in [0.4, 0.5) is 17.1 Å². The van der Waals surface area contributed by atoms with Crippen LogP contribution in [-0.2, 0) is 4.79 Å². The Morgan fingerprint density at radius 1 is 1.04 bits per heavy atom. The van der Waals surface area contributed by atoms with Gasteiger partial charge in [0, 0.05) is 18.7 Å². The molecular formula is C20H25N3O. The Hall–Kier alpha value is -2.33. The number of hydrogen-bond donors (Lipinski definition) is 1. The van der Waals surface area contributed by atoms with Crippen LogP contribution in [0.2, 0.25) is 0 Å². The molecule has 2 aromatic carbocycles. The lowest BCUT2D eigenvalue weighted by Gasteiger charge is -2.29.